The molecule has 1 aromatic rings. The minimum atomic E-state index is -5.55. The summed E-state index contributed by atoms with van der Waals surface area (Å²) in [5, 5.41) is 1.95. The van der Waals surface area contributed by atoms with Crippen LogP contribution in [0.25, 0.3) is 0 Å². The van der Waals surface area contributed by atoms with Crippen LogP contribution in [-0.2, 0) is 0 Å². The number of rotatable bonds is 4. The average Bonchev–Trinajstić information content (AvgIpc) is 2.32. The molecule has 1 atom stereocenters. The first-order valence-corrected chi connectivity index (χ1v) is 5.66. The molecule has 0 amide bonds. The van der Waals surface area contributed by atoms with E-state index in [1.807, 2.05) is 5.32 Å². The van der Waals surface area contributed by atoms with E-state index in [2.05, 4.69) is 0 Å². The molecule has 0 bridgehead atoms. The number of hydrogen-bond acceptors (Lipinski definition) is 2. The van der Waals surface area contributed by atoms with Crippen molar-refractivity contribution in [2.75, 3.05) is 14.2 Å². The van der Waals surface area contributed by atoms with Crippen molar-refractivity contribution in [3.05, 3.63) is 29.6 Å². The molecule has 1 N–H and O–H groups in total. The third-order valence-electron chi connectivity index (χ3n) is 2.88. The zero-order valence-corrected chi connectivity index (χ0v) is 10.9. The molecule has 0 heterocycles. The van der Waals surface area contributed by atoms with Crippen LogP contribution >= 0.6 is 0 Å². The first kappa shape index (κ1) is 17.5. The van der Waals surface area contributed by atoms with Gasteiger partial charge in [0, 0.05) is 5.56 Å². The van der Waals surface area contributed by atoms with Crippen LogP contribution in [0.3, 0.4) is 0 Å². The van der Waals surface area contributed by atoms with Crippen LogP contribution in [0.1, 0.15) is 11.6 Å². The largest absolute Gasteiger partial charge is 0.496 e. The summed E-state index contributed by atoms with van der Waals surface area (Å²) in [6.45, 7) is 0. The number of ether oxygens (including phenoxy) is 1. The highest BCUT2D eigenvalue weighted by Gasteiger charge is 2.60. The second-order valence-corrected chi connectivity index (χ2v) is 4.21. The average molecular weight is 319 g/mol. The molecule has 0 aliphatic carbocycles. The predicted molar refractivity (Wildman–Crippen MR) is 60.4 cm³/mol. The fourth-order valence-electron chi connectivity index (χ4n) is 2.01. The van der Waals surface area contributed by atoms with Gasteiger partial charge < -0.3 is 10.1 Å². The zero-order chi connectivity index (χ0) is 16.4. The molecule has 0 aliphatic heterocycles. The molecule has 1 aromatic carbocycles. The van der Waals surface area contributed by atoms with Crippen LogP contribution in [0.2, 0.25) is 0 Å². The van der Waals surface area contributed by atoms with E-state index in [0.717, 1.165) is 26.3 Å². The molecule has 0 saturated heterocycles. The lowest BCUT2D eigenvalue weighted by Crippen LogP contribution is -2.45. The Morgan fingerprint density at radius 2 is 1.57 bits per heavy atom. The number of halogens is 7. The van der Waals surface area contributed by atoms with E-state index >= 15 is 0 Å². The van der Waals surface area contributed by atoms with Crippen LogP contribution in [0, 0.1) is 11.7 Å². The highest BCUT2D eigenvalue weighted by molar-refractivity contribution is 5.37. The molecule has 2 nitrogen and oxygen atoms in total. The van der Waals surface area contributed by atoms with Gasteiger partial charge in [0.05, 0.1) is 13.2 Å². The fourth-order valence-corrected chi connectivity index (χ4v) is 2.01. The Morgan fingerprint density at radius 1 is 1.05 bits per heavy atom. The van der Waals surface area contributed by atoms with E-state index in [-0.39, 0.29) is 5.75 Å². The van der Waals surface area contributed by atoms with Gasteiger partial charge in [-0.3, -0.25) is 0 Å². The van der Waals surface area contributed by atoms with Crippen molar-refractivity contribution in [3.8, 4) is 5.75 Å². The second kappa shape index (κ2) is 6.08. The summed E-state index contributed by atoms with van der Waals surface area (Å²) in [6, 6.07) is 0.213. The van der Waals surface area contributed by atoms with E-state index in [0.29, 0.717) is 6.07 Å². The normalized spacial score (nSPS) is 14.4. The molecule has 120 valence electrons. The highest BCUT2D eigenvalue weighted by Crippen LogP contribution is 2.47. The Hall–Kier alpha value is -1.51. The predicted octanol–water partition coefficient (Wildman–Crippen LogP) is 3.84. The first-order valence-electron chi connectivity index (χ1n) is 5.66. The lowest BCUT2D eigenvalue weighted by Gasteiger charge is -2.31. The van der Waals surface area contributed by atoms with Crippen LogP contribution in [0.4, 0.5) is 30.7 Å². The molecule has 0 aromatic heterocycles. The first-order chi connectivity index (χ1) is 9.52. The molecule has 21 heavy (non-hydrogen) atoms. The van der Waals surface area contributed by atoms with Gasteiger partial charge in [0.2, 0.25) is 0 Å². The van der Waals surface area contributed by atoms with E-state index in [9.17, 15) is 30.7 Å². The number of benzene rings is 1. The second-order valence-electron chi connectivity index (χ2n) is 4.21. The maximum atomic E-state index is 13.2. The van der Waals surface area contributed by atoms with Crippen LogP contribution < -0.4 is 10.1 Å². The van der Waals surface area contributed by atoms with Crippen molar-refractivity contribution < 1.29 is 35.5 Å². The van der Waals surface area contributed by atoms with E-state index in [4.69, 9.17) is 4.74 Å². The Morgan fingerprint density at radius 3 is 1.95 bits per heavy atom. The monoisotopic (exact) mass is 319 g/mol. The lowest BCUT2D eigenvalue weighted by atomic mass is 9.91. The fraction of sp³-hybridized carbons (Fsp3) is 0.500. The molecule has 9 heteroatoms. The number of alkyl halides is 6. The van der Waals surface area contributed by atoms with Crippen molar-refractivity contribution in [2.24, 2.45) is 5.92 Å². The Labute approximate surface area is 115 Å². The topological polar surface area (TPSA) is 21.3 Å². The summed E-state index contributed by atoms with van der Waals surface area (Å²) in [7, 11) is 2.00. The highest BCUT2D eigenvalue weighted by atomic mass is 19.4. The lowest BCUT2D eigenvalue weighted by molar-refractivity contribution is -0.292. The molecule has 0 aliphatic rings. The standard InChI is InChI=1S/C12H12F7NO/c1-20-9(10(11(14,15)16)12(17,18)19)7-5-6(13)3-4-8(7)21-2/h3-5,9-10,20H,1-2H3. The van der Waals surface area contributed by atoms with Gasteiger partial charge in [-0.05, 0) is 25.2 Å². The molecule has 0 radical (unpaired) electrons. The number of methoxy groups -OCH3 is 1. The summed E-state index contributed by atoms with van der Waals surface area (Å²) in [4.78, 5) is 0. The summed E-state index contributed by atoms with van der Waals surface area (Å²) in [5.74, 6) is -4.92. The van der Waals surface area contributed by atoms with Crippen molar-refractivity contribution in [1.29, 1.82) is 0 Å². The van der Waals surface area contributed by atoms with E-state index in [1.165, 1.54) is 0 Å². The van der Waals surface area contributed by atoms with Gasteiger partial charge in [-0.2, -0.15) is 26.3 Å². The zero-order valence-electron chi connectivity index (χ0n) is 10.9. The molecule has 1 unspecified atom stereocenters. The van der Waals surface area contributed by atoms with Gasteiger partial charge in [0.15, 0.2) is 5.92 Å². The summed E-state index contributed by atoms with van der Waals surface area (Å²) >= 11 is 0. The number of hydrogen-bond donors (Lipinski definition) is 1. The Balaban J connectivity index is 3.43. The summed E-state index contributed by atoms with van der Waals surface area (Å²) in [6.07, 6.45) is -11.1. The van der Waals surface area contributed by atoms with Crippen molar-refractivity contribution in [1.82, 2.24) is 5.32 Å². The molecular weight excluding hydrogens is 307 g/mol. The van der Waals surface area contributed by atoms with Gasteiger partial charge in [0.1, 0.15) is 11.6 Å². The minimum absolute atomic E-state index is 0.269. The third kappa shape index (κ3) is 3.99. The number of nitrogens with one attached hydrogen (secondary N) is 1. The van der Waals surface area contributed by atoms with Crippen LogP contribution in [0.5, 0.6) is 5.75 Å². The SMILES string of the molecule is CNC(c1cc(F)ccc1OC)C(C(F)(F)F)C(F)(F)F. The smallest absolute Gasteiger partial charge is 0.402 e. The Bertz CT molecular complexity index is 469. The van der Waals surface area contributed by atoms with Crippen molar-refractivity contribution >= 4 is 0 Å². The van der Waals surface area contributed by atoms with Gasteiger partial charge in [-0.15, -0.1) is 0 Å². The van der Waals surface area contributed by atoms with Gasteiger partial charge in [0.25, 0.3) is 0 Å². The summed E-state index contributed by atoms with van der Waals surface area (Å²) < 4.78 is 94.6. The summed E-state index contributed by atoms with van der Waals surface area (Å²) in [5.41, 5.74) is -0.556. The van der Waals surface area contributed by atoms with Gasteiger partial charge in [-0.25, -0.2) is 4.39 Å². The molecule has 0 fully saturated rings. The van der Waals surface area contributed by atoms with Crippen LogP contribution in [0.15, 0.2) is 18.2 Å². The van der Waals surface area contributed by atoms with Crippen LogP contribution in [-0.4, -0.2) is 26.5 Å². The van der Waals surface area contributed by atoms with Crippen molar-refractivity contribution in [3.63, 3.8) is 0 Å². The molecule has 1 rings (SSSR count). The molecule has 0 saturated carbocycles. The molecule has 0 spiro atoms. The van der Waals surface area contributed by atoms with E-state index < -0.39 is 35.7 Å². The van der Waals surface area contributed by atoms with E-state index in [1.54, 1.807) is 0 Å². The van der Waals surface area contributed by atoms with Gasteiger partial charge >= 0.3 is 12.4 Å². The van der Waals surface area contributed by atoms with Gasteiger partial charge in [-0.1, -0.05) is 0 Å². The Kier molecular flexibility index (Phi) is 5.08. The third-order valence-corrected chi connectivity index (χ3v) is 2.88. The maximum Gasteiger partial charge on any atom is 0.402 e. The molecular formula is C12H12F7NO. The minimum Gasteiger partial charge on any atom is -0.496 e. The quantitative estimate of drug-likeness (QED) is 0.852. The maximum absolute atomic E-state index is 13.2. The van der Waals surface area contributed by atoms with Crippen molar-refractivity contribution in [2.45, 2.75) is 18.4 Å².